The second-order valence-corrected chi connectivity index (χ2v) is 4.45. The Balaban J connectivity index is 2.70. The Morgan fingerprint density at radius 2 is 1.88 bits per heavy atom. The van der Waals surface area contributed by atoms with Gasteiger partial charge in [-0.25, -0.2) is 0 Å². The molecule has 0 spiro atoms. The molecule has 1 aromatic carbocycles. The summed E-state index contributed by atoms with van der Waals surface area (Å²) < 4.78 is 5.51. The molecule has 0 saturated heterocycles. The van der Waals surface area contributed by atoms with E-state index in [2.05, 4.69) is 0 Å². The Kier molecular flexibility index (Phi) is 5.16. The highest BCUT2D eigenvalue weighted by molar-refractivity contribution is 6.00. The number of rotatable bonds is 6. The summed E-state index contributed by atoms with van der Waals surface area (Å²) in [4.78, 5) is 11.9. The average molecular weight is 235 g/mol. The second kappa shape index (κ2) is 6.40. The van der Waals surface area contributed by atoms with Crippen LogP contribution in [0.5, 0.6) is 5.75 Å². The fourth-order valence-electron chi connectivity index (χ4n) is 1.63. The normalized spacial score (nSPS) is 12.5. The molecule has 17 heavy (non-hydrogen) atoms. The highest BCUT2D eigenvalue weighted by atomic mass is 16.5. The molecule has 1 unspecified atom stereocenters. The van der Waals surface area contributed by atoms with Gasteiger partial charge in [-0.15, -0.1) is 0 Å². The van der Waals surface area contributed by atoms with Gasteiger partial charge in [0.1, 0.15) is 5.75 Å². The zero-order chi connectivity index (χ0) is 12.8. The molecular formula is C14H21NO2. The topological polar surface area (TPSA) is 52.3 Å². The molecule has 1 atom stereocenters. The van der Waals surface area contributed by atoms with Gasteiger partial charge in [-0.1, -0.05) is 13.3 Å². The van der Waals surface area contributed by atoms with Crippen LogP contribution in [0.4, 0.5) is 0 Å². The second-order valence-electron chi connectivity index (χ2n) is 4.45. The Labute approximate surface area is 103 Å². The van der Waals surface area contributed by atoms with Crippen molar-refractivity contribution in [3.05, 3.63) is 29.8 Å². The van der Waals surface area contributed by atoms with Gasteiger partial charge >= 0.3 is 0 Å². The molecule has 0 heterocycles. The minimum atomic E-state index is -0.392. The third-order valence-corrected chi connectivity index (χ3v) is 2.45. The van der Waals surface area contributed by atoms with Crippen LogP contribution in [0.2, 0.25) is 0 Å². The molecule has 0 radical (unpaired) electrons. The maximum Gasteiger partial charge on any atom is 0.179 e. The smallest absolute Gasteiger partial charge is 0.179 e. The maximum absolute atomic E-state index is 11.9. The summed E-state index contributed by atoms with van der Waals surface area (Å²) in [6, 6.07) is 6.78. The number of Topliss-reactive ketones (excluding diaryl/α,β-unsaturated/α-hetero) is 1. The van der Waals surface area contributed by atoms with Crippen molar-refractivity contribution >= 4 is 5.78 Å². The quantitative estimate of drug-likeness (QED) is 0.771. The van der Waals surface area contributed by atoms with Crippen LogP contribution in [0.15, 0.2) is 24.3 Å². The molecule has 0 fully saturated rings. The fraction of sp³-hybridized carbons (Fsp3) is 0.500. The molecule has 0 bridgehead atoms. The lowest BCUT2D eigenvalue weighted by Crippen LogP contribution is -2.30. The molecule has 3 nitrogen and oxygen atoms in total. The first-order valence-corrected chi connectivity index (χ1v) is 6.11. The van der Waals surface area contributed by atoms with Gasteiger partial charge in [-0.05, 0) is 44.5 Å². The SMILES string of the molecule is CCCC(N)C(=O)c1ccc(OC(C)C)cc1. The molecule has 0 aliphatic rings. The predicted octanol–water partition coefficient (Wildman–Crippen LogP) is 2.78. The number of ketones is 1. The van der Waals surface area contributed by atoms with Crippen LogP contribution in [0, 0.1) is 0 Å². The van der Waals surface area contributed by atoms with Crippen molar-refractivity contribution in [3.63, 3.8) is 0 Å². The Morgan fingerprint density at radius 1 is 1.29 bits per heavy atom. The van der Waals surface area contributed by atoms with Crippen LogP contribution < -0.4 is 10.5 Å². The van der Waals surface area contributed by atoms with Gasteiger partial charge in [0.25, 0.3) is 0 Å². The number of benzene rings is 1. The van der Waals surface area contributed by atoms with Crippen LogP contribution in [0.3, 0.4) is 0 Å². The van der Waals surface area contributed by atoms with E-state index in [1.54, 1.807) is 12.1 Å². The molecule has 1 rings (SSSR count). The summed E-state index contributed by atoms with van der Waals surface area (Å²) in [6.07, 6.45) is 1.78. The molecular weight excluding hydrogens is 214 g/mol. The van der Waals surface area contributed by atoms with E-state index in [4.69, 9.17) is 10.5 Å². The lowest BCUT2D eigenvalue weighted by atomic mass is 10.0. The van der Waals surface area contributed by atoms with Crippen LogP contribution in [0.1, 0.15) is 44.0 Å². The zero-order valence-electron chi connectivity index (χ0n) is 10.8. The lowest BCUT2D eigenvalue weighted by molar-refractivity contribution is 0.0957. The number of ether oxygens (including phenoxy) is 1. The Bertz CT molecular complexity index is 357. The molecule has 0 saturated carbocycles. The molecule has 1 aromatic rings. The minimum Gasteiger partial charge on any atom is -0.491 e. The predicted molar refractivity (Wildman–Crippen MR) is 69.4 cm³/mol. The van der Waals surface area contributed by atoms with Gasteiger partial charge in [0, 0.05) is 5.56 Å². The van der Waals surface area contributed by atoms with Crippen molar-refractivity contribution in [2.75, 3.05) is 0 Å². The van der Waals surface area contributed by atoms with E-state index < -0.39 is 6.04 Å². The first-order valence-electron chi connectivity index (χ1n) is 6.11. The van der Waals surface area contributed by atoms with Gasteiger partial charge in [-0.2, -0.15) is 0 Å². The molecule has 3 heteroatoms. The standard InChI is InChI=1S/C14H21NO2/c1-4-5-13(15)14(16)11-6-8-12(9-7-11)17-10(2)3/h6-10,13H,4-5,15H2,1-3H3. The number of carbonyl (C=O) groups excluding carboxylic acids is 1. The summed E-state index contributed by atoms with van der Waals surface area (Å²) in [5.74, 6) is 0.781. The molecule has 0 aliphatic carbocycles. The first kappa shape index (κ1) is 13.7. The summed E-state index contributed by atoms with van der Waals surface area (Å²) in [7, 11) is 0. The van der Waals surface area contributed by atoms with Crippen molar-refractivity contribution < 1.29 is 9.53 Å². The number of hydrogen-bond acceptors (Lipinski definition) is 3. The van der Waals surface area contributed by atoms with E-state index in [1.165, 1.54) is 0 Å². The van der Waals surface area contributed by atoms with Crippen molar-refractivity contribution in [2.24, 2.45) is 5.73 Å². The number of nitrogens with two attached hydrogens (primary N) is 1. The molecule has 2 N–H and O–H groups in total. The summed E-state index contributed by atoms with van der Waals surface area (Å²) in [5, 5.41) is 0. The molecule has 0 aliphatic heterocycles. The van der Waals surface area contributed by atoms with Crippen molar-refractivity contribution in [3.8, 4) is 5.75 Å². The largest absolute Gasteiger partial charge is 0.491 e. The van der Waals surface area contributed by atoms with Crippen LogP contribution in [0.25, 0.3) is 0 Å². The molecule has 94 valence electrons. The van der Waals surface area contributed by atoms with E-state index in [-0.39, 0.29) is 11.9 Å². The maximum atomic E-state index is 11.9. The van der Waals surface area contributed by atoms with E-state index in [1.807, 2.05) is 32.9 Å². The average Bonchev–Trinajstić information content (AvgIpc) is 2.28. The van der Waals surface area contributed by atoms with Gasteiger partial charge in [0.15, 0.2) is 5.78 Å². The third-order valence-electron chi connectivity index (χ3n) is 2.45. The van der Waals surface area contributed by atoms with E-state index in [0.717, 1.165) is 18.6 Å². The highest BCUT2D eigenvalue weighted by Gasteiger charge is 2.14. The number of carbonyl (C=O) groups is 1. The fourth-order valence-corrected chi connectivity index (χ4v) is 1.63. The Hall–Kier alpha value is -1.35. The van der Waals surface area contributed by atoms with Gasteiger partial charge in [0.2, 0.25) is 0 Å². The van der Waals surface area contributed by atoms with E-state index in [9.17, 15) is 4.79 Å². The van der Waals surface area contributed by atoms with E-state index in [0.29, 0.717) is 5.56 Å². The molecule has 0 aromatic heterocycles. The van der Waals surface area contributed by atoms with Crippen LogP contribution in [-0.2, 0) is 0 Å². The monoisotopic (exact) mass is 235 g/mol. The van der Waals surface area contributed by atoms with Gasteiger partial charge in [-0.3, -0.25) is 4.79 Å². The van der Waals surface area contributed by atoms with Crippen molar-refractivity contribution in [1.29, 1.82) is 0 Å². The highest BCUT2D eigenvalue weighted by Crippen LogP contribution is 2.15. The minimum absolute atomic E-state index is 0.00273. The summed E-state index contributed by atoms with van der Waals surface area (Å²) in [6.45, 7) is 5.96. The van der Waals surface area contributed by atoms with Crippen LogP contribution >= 0.6 is 0 Å². The number of hydrogen-bond donors (Lipinski definition) is 1. The summed E-state index contributed by atoms with van der Waals surface area (Å²) in [5.41, 5.74) is 6.45. The first-order chi connectivity index (χ1) is 8.04. The third kappa shape index (κ3) is 4.19. The summed E-state index contributed by atoms with van der Waals surface area (Å²) >= 11 is 0. The van der Waals surface area contributed by atoms with Crippen molar-refractivity contribution in [1.82, 2.24) is 0 Å². The molecule has 0 amide bonds. The van der Waals surface area contributed by atoms with Gasteiger partial charge < -0.3 is 10.5 Å². The van der Waals surface area contributed by atoms with Crippen molar-refractivity contribution in [2.45, 2.75) is 45.8 Å². The van der Waals surface area contributed by atoms with Gasteiger partial charge in [0.05, 0.1) is 12.1 Å². The lowest BCUT2D eigenvalue weighted by Gasteiger charge is -2.11. The van der Waals surface area contributed by atoms with E-state index >= 15 is 0 Å². The van der Waals surface area contributed by atoms with Crippen LogP contribution in [-0.4, -0.2) is 17.9 Å². The zero-order valence-corrected chi connectivity index (χ0v) is 10.8. The Morgan fingerprint density at radius 3 is 2.35 bits per heavy atom.